The quantitative estimate of drug-likeness (QED) is 0.407. The molecular formula is C16H11ClN4O4. The lowest BCUT2D eigenvalue weighted by Gasteiger charge is -2.09. The number of benzene rings is 2. The molecule has 0 saturated carbocycles. The number of nitrogens with one attached hydrogen (secondary N) is 1. The number of hydrogen-bond donors (Lipinski definition) is 2. The van der Waals surface area contributed by atoms with Gasteiger partial charge in [0.2, 0.25) is 5.28 Å². The fraction of sp³-hybridized carbons (Fsp3) is 0.0625. The number of rotatable bonds is 5. The standard InChI is InChI=1S/C16H11ClN4O4/c17-16-19-13-6-5-11(21(24)25)7-12(13)14(20-16)18-8-9-1-3-10(4-2-9)15(22)23/h1-7H,8H2,(H,22,23)(H,18,19,20). The van der Waals surface area contributed by atoms with E-state index < -0.39 is 10.9 Å². The van der Waals surface area contributed by atoms with Crippen LogP contribution < -0.4 is 5.32 Å². The number of carboxylic acid groups (broad SMARTS) is 1. The molecule has 0 aliphatic heterocycles. The van der Waals surface area contributed by atoms with Crippen LogP contribution in [-0.4, -0.2) is 26.0 Å². The minimum absolute atomic E-state index is 0.0186. The van der Waals surface area contributed by atoms with E-state index in [0.717, 1.165) is 5.56 Å². The zero-order valence-electron chi connectivity index (χ0n) is 12.6. The molecule has 0 radical (unpaired) electrons. The summed E-state index contributed by atoms with van der Waals surface area (Å²) in [6.45, 7) is 0.338. The summed E-state index contributed by atoms with van der Waals surface area (Å²) in [5, 5.41) is 23.4. The highest BCUT2D eigenvalue weighted by Crippen LogP contribution is 2.26. The van der Waals surface area contributed by atoms with Crippen LogP contribution in [0.3, 0.4) is 0 Å². The molecule has 126 valence electrons. The predicted octanol–water partition coefficient (Wildman–Crippen LogP) is 3.50. The molecule has 8 nitrogen and oxygen atoms in total. The highest BCUT2D eigenvalue weighted by molar-refractivity contribution is 6.28. The second kappa shape index (κ2) is 6.70. The Morgan fingerprint density at radius 1 is 1.20 bits per heavy atom. The third-order valence-corrected chi connectivity index (χ3v) is 3.69. The van der Waals surface area contributed by atoms with Gasteiger partial charge in [0, 0.05) is 24.1 Å². The molecule has 0 unspecified atom stereocenters. The van der Waals surface area contributed by atoms with Gasteiger partial charge in [-0.2, -0.15) is 0 Å². The Morgan fingerprint density at radius 2 is 1.92 bits per heavy atom. The first-order valence-electron chi connectivity index (χ1n) is 7.12. The highest BCUT2D eigenvalue weighted by atomic mass is 35.5. The van der Waals surface area contributed by atoms with Crippen molar-refractivity contribution in [1.82, 2.24) is 9.97 Å². The zero-order valence-corrected chi connectivity index (χ0v) is 13.4. The summed E-state index contributed by atoms with van der Waals surface area (Å²) in [7, 11) is 0. The van der Waals surface area contributed by atoms with Crippen LogP contribution in [0.2, 0.25) is 5.28 Å². The molecule has 0 atom stereocenters. The van der Waals surface area contributed by atoms with Crippen molar-refractivity contribution < 1.29 is 14.8 Å². The van der Waals surface area contributed by atoms with Crippen molar-refractivity contribution in [2.75, 3.05) is 5.32 Å². The molecule has 25 heavy (non-hydrogen) atoms. The Balaban J connectivity index is 1.90. The monoisotopic (exact) mass is 358 g/mol. The van der Waals surface area contributed by atoms with Gasteiger partial charge in [0.1, 0.15) is 5.82 Å². The van der Waals surface area contributed by atoms with Crippen LogP contribution in [0.1, 0.15) is 15.9 Å². The van der Waals surface area contributed by atoms with E-state index in [1.165, 1.54) is 30.3 Å². The summed E-state index contributed by atoms with van der Waals surface area (Å²) in [5.41, 5.74) is 1.41. The van der Waals surface area contributed by atoms with E-state index in [2.05, 4.69) is 15.3 Å². The first kappa shape index (κ1) is 16.6. The number of hydrogen-bond acceptors (Lipinski definition) is 6. The molecule has 0 amide bonds. The van der Waals surface area contributed by atoms with Gasteiger partial charge in [-0.15, -0.1) is 0 Å². The van der Waals surface area contributed by atoms with Crippen molar-refractivity contribution in [2.24, 2.45) is 0 Å². The Bertz CT molecular complexity index is 976. The molecule has 1 aromatic heterocycles. The van der Waals surface area contributed by atoms with Crippen molar-refractivity contribution in [3.05, 3.63) is 69.0 Å². The fourth-order valence-electron chi connectivity index (χ4n) is 2.29. The predicted molar refractivity (Wildman–Crippen MR) is 91.9 cm³/mol. The lowest BCUT2D eigenvalue weighted by Crippen LogP contribution is -2.04. The Labute approximate surface area is 146 Å². The van der Waals surface area contributed by atoms with Crippen LogP contribution in [0.4, 0.5) is 11.5 Å². The molecule has 0 saturated heterocycles. The summed E-state index contributed by atoms with van der Waals surface area (Å²) in [6.07, 6.45) is 0. The molecule has 3 rings (SSSR count). The van der Waals surface area contributed by atoms with Crippen molar-refractivity contribution in [2.45, 2.75) is 6.54 Å². The average Bonchev–Trinajstić information content (AvgIpc) is 2.59. The van der Waals surface area contributed by atoms with E-state index in [-0.39, 0.29) is 16.5 Å². The second-order valence-electron chi connectivity index (χ2n) is 5.16. The molecule has 0 aliphatic carbocycles. The lowest BCUT2D eigenvalue weighted by molar-refractivity contribution is -0.384. The van der Waals surface area contributed by atoms with Gasteiger partial charge in [-0.1, -0.05) is 12.1 Å². The topological polar surface area (TPSA) is 118 Å². The number of non-ortho nitro benzene ring substituents is 1. The van der Waals surface area contributed by atoms with Crippen molar-refractivity contribution in [3.63, 3.8) is 0 Å². The Morgan fingerprint density at radius 3 is 2.56 bits per heavy atom. The average molecular weight is 359 g/mol. The molecule has 0 aliphatic rings. The molecule has 2 N–H and O–H groups in total. The van der Waals surface area contributed by atoms with E-state index in [1.807, 2.05) is 0 Å². The molecule has 3 aromatic rings. The van der Waals surface area contributed by atoms with Gasteiger partial charge in [-0.3, -0.25) is 10.1 Å². The van der Waals surface area contributed by atoms with Crippen molar-refractivity contribution >= 4 is 40.0 Å². The van der Waals surface area contributed by atoms with Gasteiger partial charge in [0.25, 0.3) is 5.69 Å². The largest absolute Gasteiger partial charge is 0.478 e. The van der Waals surface area contributed by atoms with Gasteiger partial charge >= 0.3 is 5.97 Å². The summed E-state index contributed by atoms with van der Waals surface area (Å²) >= 11 is 5.90. The smallest absolute Gasteiger partial charge is 0.335 e. The first-order valence-corrected chi connectivity index (χ1v) is 7.49. The third kappa shape index (κ3) is 3.64. The highest BCUT2D eigenvalue weighted by Gasteiger charge is 2.12. The normalized spacial score (nSPS) is 10.6. The van der Waals surface area contributed by atoms with Crippen LogP contribution in [0.25, 0.3) is 10.9 Å². The zero-order chi connectivity index (χ0) is 18.0. The van der Waals surface area contributed by atoms with E-state index in [4.69, 9.17) is 16.7 Å². The van der Waals surface area contributed by atoms with Gasteiger partial charge in [-0.25, -0.2) is 14.8 Å². The summed E-state index contributed by atoms with van der Waals surface area (Å²) < 4.78 is 0. The second-order valence-corrected chi connectivity index (χ2v) is 5.49. The van der Waals surface area contributed by atoms with Crippen LogP contribution in [-0.2, 0) is 6.54 Å². The summed E-state index contributed by atoms with van der Waals surface area (Å²) in [5.74, 6) is -0.638. The Hall–Kier alpha value is -3.26. The summed E-state index contributed by atoms with van der Waals surface area (Å²) in [4.78, 5) is 29.5. The van der Waals surface area contributed by atoms with E-state index in [9.17, 15) is 14.9 Å². The van der Waals surface area contributed by atoms with Crippen molar-refractivity contribution in [1.29, 1.82) is 0 Å². The summed E-state index contributed by atoms with van der Waals surface area (Å²) in [6, 6.07) is 10.6. The van der Waals surface area contributed by atoms with Crippen LogP contribution in [0.5, 0.6) is 0 Å². The minimum atomic E-state index is -1.000. The molecule has 0 bridgehead atoms. The number of carbonyl (C=O) groups is 1. The maximum absolute atomic E-state index is 11.0. The number of halogens is 1. The van der Waals surface area contributed by atoms with Crippen LogP contribution in [0, 0.1) is 10.1 Å². The van der Waals surface area contributed by atoms with Gasteiger partial charge in [0.15, 0.2) is 0 Å². The maximum Gasteiger partial charge on any atom is 0.335 e. The number of nitro benzene ring substituents is 1. The van der Waals surface area contributed by atoms with Gasteiger partial charge < -0.3 is 10.4 Å². The third-order valence-electron chi connectivity index (χ3n) is 3.52. The SMILES string of the molecule is O=C(O)c1ccc(CNc2nc(Cl)nc3ccc([N+](=O)[O-])cc23)cc1. The number of aromatic carboxylic acids is 1. The van der Waals surface area contributed by atoms with E-state index in [1.54, 1.807) is 12.1 Å². The van der Waals surface area contributed by atoms with Gasteiger partial charge in [0.05, 0.1) is 16.0 Å². The maximum atomic E-state index is 11.0. The van der Waals surface area contributed by atoms with Crippen molar-refractivity contribution in [3.8, 4) is 0 Å². The number of anilines is 1. The number of nitro groups is 1. The lowest BCUT2D eigenvalue weighted by atomic mass is 10.1. The molecule has 0 spiro atoms. The number of carboxylic acids is 1. The molecule has 2 aromatic carbocycles. The molecule has 1 heterocycles. The molecular weight excluding hydrogens is 348 g/mol. The van der Waals surface area contributed by atoms with E-state index in [0.29, 0.717) is 23.3 Å². The van der Waals surface area contributed by atoms with Crippen LogP contribution >= 0.6 is 11.6 Å². The van der Waals surface area contributed by atoms with Gasteiger partial charge in [-0.05, 0) is 35.4 Å². The minimum Gasteiger partial charge on any atom is -0.478 e. The first-order chi connectivity index (χ1) is 11.9. The fourth-order valence-corrected chi connectivity index (χ4v) is 2.46. The number of aromatic nitrogens is 2. The van der Waals surface area contributed by atoms with E-state index >= 15 is 0 Å². The number of fused-ring (bicyclic) bond motifs is 1. The Kier molecular flexibility index (Phi) is 4.44. The molecule has 9 heteroatoms. The molecule has 0 fully saturated rings. The van der Waals surface area contributed by atoms with Crippen LogP contribution in [0.15, 0.2) is 42.5 Å². The number of nitrogens with zero attached hydrogens (tertiary/aromatic N) is 3.